The third-order valence-corrected chi connectivity index (χ3v) is 4.21. The Bertz CT molecular complexity index is 808. The second-order valence-electron chi connectivity index (χ2n) is 6.21. The lowest BCUT2D eigenvalue weighted by Crippen LogP contribution is -2.11. The molecule has 0 aliphatic heterocycles. The van der Waals surface area contributed by atoms with Gasteiger partial charge in [0.1, 0.15) is 11.6 Å². The fourth-order valence-corrected chi connectivity index (χ4v) is 2.73. The zero-order chi connectivity index (χ0) is 18.7. The van der Waals surface area contributed by atoms with E-state index in [0.29, 0.717) is 5.95 Å². The van der Waals surface area contributed by atoms with Crippen LogP contribution in [0.25, 0.3) is 0 Å². The van der Waals surface area contributed by atoms with E-state index < -0.39 is 0 Å². The first-order valence-electron chi connectivity index (χ1n) is 9.18. The minimum absolute atomic E-state index is 0.538. The Morgan fingerprint density at radius 3 is 2.41 bits per heavy atom. The molecule has 0 bridgehead atoms. The third kappa shape index (κ3) is 6.26. The van der Waals surface area contributed by atoms with Crippen LogP contribution in [0.15, 0.2) is 60.8 Å². The summed E-state index contributed by atoms with van der Waals surface area (Å²) in [4.78, 5) is 4.46. The summed E-state index contributed by atoms with van der Waals surface area (Å²) in [5, 5.41) is 14.6. The Morgan fingerprint density at radius 2 is 1.63 bits per heavy atom. The highest BCUT2D eigenvalue weighted by atomic mass is 16.5. The highest BCUT2D eigenvalue weighted by Gasteiger charge is 2.01. The van der Waals surface area contributed by atoms with Crippen LogP contribution in [0.2, 0.25) is 0 Å². The number of anilines is 2. The highest BCUT2D eigenvalue weighted by Crippen LogP contribution is 2.12. The van der Waals surface area contributed by atoms with E-state index in [-0.39, 0.29) is 0 Å². The molecule has 0 amide bonds. The van der Waals surface area contributed by atoms with Gasteiger partial charge in [0.15, 0.2) is 0 Å². The number of rotatable bonds is 10. The Hall–Kier alpha value is -3.15. The number of aromatic nitrogens is 3. The van der Waals surface area contributed by atoms with Crippen molar-refractivity contribution < 1.29 is 4.74 Å². The number of nitrogens with one attached hydrogen (secondary N) is 2. The summed E-state index contributed by atoms with van der Waals surface area (Å²) in [6.07, 6.45) is 4.60. The van der Waals surface area contributed by atoms with Crippen LogP contribution in [0.5, 0.6) is 5.75 Å². The Morgan fingerprint density at radius 1 is 0.852 bits per heavy atom. The molecular formula is C21H25N5O. The van der Waals surface area contributed by atoms with Gasteiger partial charge in [-0.15, -0.1) is 5.10 Å². The molecule has 2 aromatic carbocycles. The molecular weight excluding hydrogens is 338 g/mol. The second kappa shape index (κ2) is 10.1. The lowest BCUT2D eigenvalue weighted by atomic mass is 10.1. The van der Waals surface area contributed by atoms with E-state index in [4.69, 9.17) is 4.74 Å². The molecule has 1 heterocycles. The predicted octanol–water partition coefficient (Wildman–Crippen LogP) is 3.58. The van der Waals surface area contributed by atoms with Crippen LogP contribution < -0.4 is 15.4 Å². The maximum Gasteiger partial charge on any atom is 0.244 e. The average Bonchev–Trinajstić information content (AvgIpc) is 2.73. The van der Waals surface area contributed by atoms with Crippen molar-refractivity contribution in [2.45, 2.75) is 19.3 Å². The van der Waals surface area contributed by atoms with Crippen LogP contribution in [0.1, 0.15) is 17.5 Å². The van der Waals surface area contributed by atoms with Crippen LogP contribution in [0.3, 0.4) is 0 Å². The molecule has 27 heavy (non-hydrogen) atoms. The fourth-order valence-electron chi connectivity index (χ4n) is 2.73. The summed E-state index contributed by atoms with van der Waals surface area (Å²) in [7, 11) is 1.67. The van der Waals surface area contributed by atoms with Gasteiger partial charge in [-0.1, -0.05) is 42.5 Å². The molecule has 6 heteroatoms. The fraction of sp³-hybridized carbons (Fsp3) is 0.286. The Balaban J connectivity index is 1.40. The van der Waals surface area contributed by atoms with Gasteiger partial charge < -0.3 is 15.4 Å². The molecule has 0 unspecified atom stereocenters. The first-order valence-corrected chi connectivity index (χ1v) is 9.18. The predicted molar refractivity (Wildman–Crippen MR) is 108 cm³/mol. The molecule has 2 N–H and O–H groups in total. The van der Waals surface area contributed by atoms with Crippen LogP contribution in [-0.4, -0.2) is 35.4 Å². The summed E-state index contributed by atoms with van der Waals surface area (Å²) in [5.41, 5.74) is 2.58. The van der Waals surface area contributed by atoms with E-state index in [1.54, 1.807) is 13.3 Å². The van der Waals surface area contributed by atoms with Crippen LogP contribution in [-0.2, 0) is 12.8 Å². The smallest absolute Gasteiger partial charge is 0.244 e. The molecule has 0 spiro atoms. The first kappa shape index (κ1) is 18.6. The van der Waals surface area contributed by atoms with Gasteiger partial charge in [0.25, 0.3) is 0 Å². The molecule has 0 saturated heterocycles. The molecule has 0 aliphatic rings. The van der Waals surface area contributed by atoms with E-state index in [2.05, 4.69) is 62.2 Å². The van der Waals surface area contributed by atoms with Gasteiger partial charge in [0.2, 0.25) is 5.95 Å². The monoisotopic (exact) mass is 363 g/mol. The maximum atomic E-state index is 5.17. The molecule has 140 valence electrons. The summed E-state index contributed by atoms with van der Waals surface area (Å²) in [5.74, 6) is 2.15. The number of nitrogens with zero attached hydrogens (tertiary/aromatic N) is 3. The van der Waals surface area contributed by atoms with E-state index in [1.165, 1.54) is 11.1 Å². The quantitative estimate of drug-likeness (QED) is 0.537. The minimum atomic E-state index is 0.538. The van der Waals surface area contributed by atoms with E-state index in [0.717, 1.165) is 43.9 Å². The largest absolute Gasteiger partial charge is 0.497 e. The van der Waals surface area contributed by atoms with Gasteiger partial charge in [0.05, 0.1) is 13.3 Å². The molecule has 0 radical (unpaired) electrons. The number of hydrogen-bond acceptors (Lipinski definition) is 6. The van der Waals surface area contributed by atoms with Gasteiger partial charge >= 0.3 is 0 Å². The number of aryl methyl sites for hydroxylation is 1. The molecule has 0 aliphatic carbocycles. The van der Waals surface area contributed by atoms with Crippen LogP contribution in [0.4, 0.5) is 11.8 Å². The van der Waals surface area contributed by atoms with Gasteiger partial charge in [-0.2, -0.15) is 10.1 Å². The van der Waals surface area contributed by atoms with E-state index >= 15 is 0 Å². The standard InChI is InChI=1S/C21H25N5O/c1-27-19-11-9-18(10-12-19)13-15-23-21-25-20(16-24-26-21)22-14-5-8-17-6-3-2-4-7-17/h2-4,6-7,9-12,16H,5,8,13-15H2,1H3,(H2,22,23,25,26). The van der Waals surface area contributed by atoms with Crippen molar-refractivity contribution in [3.63, 3.8) is 0 Å². The SMILES string of the molecule is COc1ccc(CCNc2nncc(NCCCc3ccccc3)n2)cc1. The summed E-state index contributed by atoms with van der Waals surface area (Å²) in [6, 6.07) is 18.5. The van der Waals surface area contributed by atoms with Gasteiger partial charge in [-0.25, -0.2) is 0 Å². The van der Waals surface area contributed by atoms with Crippen molar-refractivity contribution in [1.29, 1.82) is 0 Å². The van der Waals surface area contributed by atoms with Gasteiger partial charge in [-0.3, -0.25) is 0 Å². The van der Waals surface area contributed by atoms with Crippen molar-refractivity contribution in [1.82, 2.24) is 15.2 Å². The highest BCUT2D eigenvalue weighted by molar-refractivity contribution is 5.37. The van der Waals surface area contributed by atoms with Crippen molar-refractivity contribution in [3.8, 4) is 5.75 Å². The Labute approximate surface area is 160 Å². The molecule has 3 rings (SSSR count). The molecule has 6 nitrogen and oxygen atoms in total. The summed E-state index contributed by atoms with van der Waals surface area (Å²) < 4.78 is 5.17. The second-order valence-corrected chi connectivity index (χ2v) is 6.21. The third-order valence-electron chi connectivity index (χ3n) is 4.21. The Kier molecular flexibility index (Phi) is 6.98. The zero-order valence-corrected chi connectivity index (χ0v) is 15.6. The molecule has 3 aromatic rings. The van der Waals surface area contributed by atoms with Crippen molar-refractivity contribution in [3.05, 3.63) is 71.9 Å². The molecule has 0 saturated carbocycles. The zero-order valence-electron chi connectivity index (χ0n) is 15.6. The van der Waals surface area contributed by atoms with E-state index in [9.17, 15) is 0 Å². The van der Waals surface area contributed by atoms with Crippen LogP contribution in [0, 0.1) is 0 Å². The lowest BCUT2D eigenvalue weighted by molar-refractivity contribution is 0.414. The van der Waals surface area contributed by atoms with Crippen LogP contribution >= 0.6 is 0 Å². The maximum absolute atomic E-state index is 5.17. The molecule has 1 aromatic heterocycles. The average molecular weight is 363 g/mol. The van der Waals surface area contributed by atoms with Crippen molar-refractivity contribution >= 4 is 11.8 Å². The van der Waals surface area contributed by atoms with Gasteiger partial charge in [-0.05, 0) is 42.5 Å². The number of hydrogen-bond donors (Lipinski definition) is 2. The molecule has 0 fully saturated rings. The summed E-state index contributed by atoms with van der Waals surface area (Å²) >= 11 is 0. The number of benzene rings is 2. The number of ether oxygens (including phenoxy) is 1. The van der Waals surface area contributed by atoms with E-state index in [1.807, 2.05) is 18.2 Å². The normalized spacial score (nSPS) is 10.4. The minimum Gasteiger partial charge on any atom is -0.497 e. The lowest BCUT2D eigenvalue weighted by Gasteiger charge is -2.08. The van der Waals surface area contributed by atoms with Crippen molar-refractivity contribution in [2.24, 2.45) is 0 Å². The topological polar surface area (TPSA) is 72.0 Å². The van der Waals surface area contributed by atoms with Gasteiger partial charge in [0, 0.05) is 13.1 Å². The number of methoxy groups -OCH3 is 1. The molecule has 0 atom stereocenters. The first-order chi connectivity index (χ1) is 13.3. The summed E-state index contributed by atoms with van der Waals surface area (Å²) in [6.45, 7) is 1.59. The van der Waals surface area contributed by atoms with Crippen molar-refractivity contribution in [2.75, 3.05) is 30.8 Å².